The zero-order chi connectivity index (χ0) is 8.65. The molecule has 1 heterocycles. The van der Waals surface area contributed by atoms with Crippen molar-refractivity contribution in [2.24, 2.45) is 0 Å². The molecule has 0 saturated heterocycles. The third-order valence-corrected chi connectivity index (χ3v) is 1.52. The van der Waals surface area contributed by atoms with Gasteiger partial charge in [0.1, 0.15) is 12.4 Å². The van der Waals surface area contributed by atoms with Gasteiger partial charge in [-0.3, -0.25) is 0 Å². The van der Waals surface area contributed by atoms with Gasteiger partial charge in [0.15, 0.2) is 0 Å². The first kappa shape index (κ1) is 9.42. The van der Waals surface area contributed by atoms with E-state index in [-0.39, 0.29) is 0 Å². The Morgan fingerprint density at radius 3 is 3.08 bits per heavy atom. The summed E-state index contributed by atoms with van der Waals surface area (Å²) in [5.74, 6) is 1.61. The molecule has 1 rings (SSSR count). The number of hydrogen-bond acceptors (Lipinski definition) is 3. The second-order valence-corrected chi connectivity index (χ2v) is 2.61. The van der Waals surface area contributed by atoms with Crippen molar-refractivity contribution in [3.05, 3.63) is 36.3 Å². The van der Waals surface area contributed by atoms with E-state index in [2.05, 4.69) is 12.6 Å². The van der Waals surface area contributed by atoms with Crippen molar-refractivity contribution < 1.29 is 9.15 Å². The van der Waals surface area contributed by atoms with Crippen molar-refractivity contribution in [1.82, 2.24) is 0 Å². The Labute approximate surface area is 77.6 Å². The summed E-state index contributed by atoms with van der Waals surface area (Å²) in [6.45, 7) is 1.14. The van der Waals surface area contributed by atoms with E-state index in [1.807, 2.05) is 24.3 Å². The Bertz CT molecular complexity index is 216. The van der Waals surface area contributed by atoms with Gasteiger partial charge in [0.05, 0.1) is 12.9 Å². The number of ether oxygens (including phenoxy) is 1. The summed E-state index contributed by atoms with van der Waals surface area (Å²) in [5.41, 5.74) is 0. The van der Waals surface area contributed by atoms with Crippen molar-refractivity contribution in [3.8, 4) is 0 Å². The average Bonchev–Trinajstić information content (AvgIpc) is 2.57. The van der Waals surface area contributed by atoms with Crippen LogP contribution in [-0.2, 0) is 11.3 Å². The highest BCUT2D eigenvalue weighted by Gasteiger charge is 1.92. The van der Waals surface area contributed by atoms with Crippen molar-refractivity contribution in [2.45, 2.75) is 6.61 Å². The second kappa shape index (κ2) is 5.91. The van der Waals surface area contributed by atoms with E-state index in [0.29, 0.717) is 13.2 Å². The first-order valence-electron chi connectivity index (χ1n) is 3.79. The van der Waals surface area contributed by atoms with Gasteiger partial charge >= 0.3 is 0 Å². The highest BCUT2D eigenvalue weighted by Crippen LogP contribution is 2.01. The van der Waals surface area contributed by atoms with Gasteiger partial charge in [-0.25, -0.2) is 0 Å². The van der Waals surface area contributed by atoms with Gasteiger partial charge < -0.3 is 9.15 Å². The lowest BCUT2D eigenvalue weighted by Gasteiger charge is -1.95. The summed E-state index contributed by atoms with van der Waals surface area (Å²) in [4.78, 5) is 0. The third-order valence-electron chi connectivity index (χ3n) is 1.31. The van der Waals surface area contributed by atoms with Crippen LogP contribution >= 0.6 is 12.6 Å². The minimum absolute atomic E-state index is 0.532. The van der Waals surface area contributed by atoms with Gasteiger partial charge in [0.25, 0.3) is 0 Å². The van der Waals surface area contributed by atoms with Gasteiger partial charge in [-0.15, -0.1) is 0 Å². The molecule has 0 N–H and O–H groups in total. The van der Waals surface area contributed by atoms with Crippen LogP contribution in [-0.4, -0.2) is 12.4 Å². The molecule has 0 aliphatic rings. The number of rotatable bonds is 5. The van der Waals surface area contributed by atoms with Gasteiger partial charge in [-0.05, 0) is 12.1 Å². The summed E-state index contributed by atoms with van der Waals surface area (Å²) in [6.07, 6.45) is 5.53. The molecule has 0 saturated carbocycles. The summed E-state index contributed by atoms with van der Waals surface area (Å²) >= 11 is 4.02. The van der Waals surface area contributed by atoms with Crippen LogP contribution in [0.15, 0.2) is 35.0 Å². The van der Waals surface area contributed by atoms with Crippen LogP contribution in [0.3, 0.4) is 0 Å². The molecular formula is C9H12O2S. The Kier molecular flexibility index (Phi) is 4.64. The summed E-state index contributed by atoms with van der Waals surface area (Å²) in [5, 5.41) is 0. The Hall–Kier alpha value is -0.670. The molecule has 0 aromatic carbocycles. The number of hydrogen-bond donors (Lipinski definition) is 1. The average molecular weight is 184 g/mol. The summed E-state index contributed by atoms with van der Waals surface area (Å²) in [7, 11) is 0. The van der Waals surface area contributed by atoms with E-state index in [1.54, 1.807) is 6.26 Å². The first-order valence-corrected chi connectivity index (χ1v) is 4.42. The van der Waals surface area contributed by atoms with Crippen LogP contribution in [0, 0.1) is 0 Å². The lowest BCUT2D eigenvalue weighted by Crippen LogP contribution is -1.90. The maximum Gasteiger partial charge on any atom is 0.129 e. The quantitative estimate of drug-likeness (QED) is 0.431. The molecule has 0 aliphatic carbocycles. The molecule has 12 heavy (non-hydrogen) atoms. The molecule has 0 spiro atoms. The highest BCUT2D eigenvalue weighted by molar-refractivity contribution is 7.80. The first-order chi connectivity index (χ1) is 5.93. The SMILES string of the molecule is SCC=CCOCc1ccco1. The van der Waals surface area contributed by atoms with Gasteiger partial charge in [0.2, 0.25) is 0 Å². The lowest BCUT2D eigenvalue weighted by atomic mass is 10.5. The van der Waals surface area contributed by atoms with E-state index in [0.717, 1.165) is 11.5 Å². The molecular weight excluding hydrogens is 172 g/mol. The smallest absolute Gasteiger partial charge is 0.129 e. The molecule has 2 nitrogen and oxygen atoms in total. The van der Waals surface area contributed by atoms with E-state index < -0.39 is 0 Å². The minimum atomic E-state index is 0.532. The fourth-order valence-corrected chi connectivity index (χ4v) is 0.914. The molecule has 0 amide bonds. The third kappa shape index (κ3) is 3.64. The maximum atomic E-state index is 5.27. The van der Waals surface area contributed by atoms with Crippen LogP contribution < -0.4 is 0 Å². The maximum absolute atomic E-state index is 5.27. The van der Waals surface area contributed by atoms with E-state index >= 15 is 0 Å². The normalized spacial score (nSPS) is 11.1. The second-order valence-electron chi connectivity index (χ2n) is 2.25. The highest BCUT2D eigenvalue weighted by atomic mass is 32.1. The van der Waals surface area contributed by atoms with Gasteiger partial charge in [-0.1, -0.05) is 12.2 Å². The van der Waals surface area contributed by atoms with Crippen LogP contribution in [0.1, 0.15) is 5.76 Å². The van der Waals surface area contributed by atoms with E-state index in [1.165, 1.54) is 0 Å². The molecule has 3 heteroatoms. The Morgan fingerprint density at radius 1 is 1.50 bits per heavy atom. The zero-order valence-electron chi connectivity index (χ0n) is 6.77. The predicted octanol–water partition coefficient (Wildman–Crippen LogP) is 2.28. The topological polar surface area (TPSA) is 22.4 Å². The monoisotopic (exact) mass is 184 g/mol. The van der Waals surface area contributed by atoms with Gasteiger partial charge in [0, 0.05) is 5.75 Å². The largest absolute Gasteiger partial charge is 0.467 e. The lowest BCUT2D eigenvalue weighted by molar-refractivity contribution is 0.131. The fourth-order valence-electron chi connectivity index (χ4n) is 0.765. The van der Waals surface area contributed by atoms with Crippen molar-refractivity contribution in [2.75, 3.05) is 12.4 Å². The molecule has 0 aliphatic heterocycles. The summed E-state index contributed by atoms with van der Waals surface area (Å²) in [6, 6.07) is 3.74. The molecule has 0 fully saturated rings. The molecule has 0 unspecified atom stereocenters. The summed E-state index contributed by atoms with van der Waals surface area (Å²) < 4.78 is 10.3. The molecule has 66 valence electrons. The van der Waals surface area contributed by atoms with E-state index in [9.17, 15) is 0 Å². The van der Waals surface area contributed by atoms with Crippen molar-refractivity contribution in [1.29, 1.82) is 0 Å². The van der Waals surface area contributed by atoms with Crippen LogP contribution in [0.5, 0.6) is 0 Å². The minimum Gasteiger partial charge on any atom is -0.467 e. The molecule has 1 aromatic heterocycles. The van der Waals surface area contributed by atoms with E-state index in [4.69, 9.17) is 9.15 Å². The Morgan fingerprint density at radius 2 is 2.42 bits per heavy atom. The van der Waals surface area contributed by atoms with Crippen molar-refractivity contribution in [3.63, 3.8) is 0 Å². The predicted molar refractivity (Wildman–Crippen MR) is 51.4 cm³/mol. The molecule has 0 bridgehead atoms. The van der Waals surface area contributed by atoms with Crippen LogP contribution in [0.4, 0.5) is 0 Å². The van der Waals surface area contributed by atoms with Crippen LogP contribution in [0.2, 0.25) is 0 Å². The van der Waals surface area contributed by atoms with Crippen molar-refractivity contribution >= 4 is 12.6 Å². The van der Waals surface area contributed by atoms with Gasteiger partial charge in [-0.2, -0.15) is 12.6 Å². The molecule has 0 radical (unpaired) electrons. The number of thiol groups is 1. The van der Waals surface area contributed by atoms with Crippen LogP contribution in [0.25, 0.3) is 0 Å². The standard InChI is InChI=1S/C9H12O2S/c12-7-2-1-5-10-8-9-4-3-6-11-9/h1-4,6,12H,5,7-8H2. The molecule has 0 atom stereocenters. The number of furan rings is 1. The molecule has 1 aromatic rings. The fraction of sp³-hybridized carbons (Fsp3) is 0.333. The Balaban J connectivity index is 2.07. The zero-order valence-corrected chi connectivity index (χ0v) is 7.67.